The fourth-order valence-corrected chi connectivity index (χ4v) is 2.72. The maximum atomic E-state index is 12.1. The minimum Gasteiger partial charge on any atom is -0.469 e. The van der Waals surface area contributed by atoms with Gasteiger partial charge in [-0.2, -0.15) is 0 Å². The molecule has 0 saturated carbocycles. The van der Waals surface area contributed by atoms with E-state index in [-0.39, 0.29) is 23.8 Å². The molecule has 0 bridgehead atoms. The van der Waals surface area contributed by atoms with E-state index < -0.39 is 6.10 Å². The monoisotopic (exact) mass is 373 g/mol. The molecule has 1 unspecified atom stereocenters. The zero-order valence-electron chi connectivity index (χ0n) is 16.7. The van der Waals surface area contributed by atoms with Crippen molar-refractivity contribution < 1.29 is 19.4 Å². The van der Waals surface area contributed by atoms with E-state index in [0.717, 1.165) is 12.8 Å². The van der Waals surface area contributed by atoms with Crippen molar-refractivity contribution in [2.24, 2.45) is 5.92 Å². The summed E-state index contributed by atoms with van der Waals surface area (Å²) in [5.41, 5.74) is 0. The van der Waals surface area contributed by atoms with E-state index in [2.05, 4.69) is 28.4 Å². The van der Waals surface area contributed by atoms with Crippen molar-refractivity contribution in [2.45, 2.75) is 70.9 Å². The Kier molecular flexibility index (Phi) is 11.0. The third-order valence-corrected chi connectivity index (χ3v) is 4.50. The summed E-state index contributed by atoms with van der Waals surface area (Å²) in [5.74, 6) is 12.0. The van der Waals surface area contributed by atoms with Crippen molar-refractivity contribution in [1.29, 1.82) is 0 Å². The molecule has 0 radical (unpaired) electrons. The number of ether oxygens (including phenoxy) is 1. The van der Waals surface area contributed by atoms with Crippen LogP contribution in [0.2, 0.25) is 0 Å². The van der Waals surface area contributed by atoms with Gasteiger partial charge in [-0.25, -0.2) is 0 Å². The predicted octanol–water partition coefficient (Wildman–Crippen LogP) is 2.68. The van der Waals surface area contributed by atoms with E-state index in [4.69, 9.17) is 0 Å². The van der Waals surface area contributed by atoms with Gasteiger partial charge in [-0.3, -0.25) is 9.59 Å². The molecule has 1 aliphatic heterocycles. The maximum Gasteiger partial charge on any atom is 0.305 e. The third kappa shape index (κ3) is 8.80. The van der Waals surface area contributed by atoms with Gasteiger partial charge in [0.2, 0.25) is 5.91 Å². The Labute approximate surface area is 163 Å². The number of unbranched alkanes of at least 4 members (excludes halogenated alkanes) is 1. The molecule has 1 rings (SSSR count). The summed E-state index contributed by atoms with van der Waals surface area (Å²) in [6, 6.07) is -0.0227. The van der Waals surface area contributed by atoms with Crippen LogP contribution in [0, 0.1) is 29.6 Å². The molecule has 0 spiro atoms. The molecule has 148 valence electrons. The third-order valence-electron chi connectivity index (χ3n) is 4.50. The van der Waals surface area contributed by atoms with E-state index in [1.165, 1.54) is 7.11 Å². The number of methoxy groups -OCH3 is 1. The standard InChI is InChI=1S/C22H31NO4/c1-4-5-8-11-18(2)20(24)15-13-19-14-16-21(25)23(19)17-10-7-6-9-12-22(26)27-3/h13,15,18-20,24H,4,6,9,11-12,14,16-17H2,1-3H3/b15-13+/t18-,19?,20+/m0/s1. The van der Waals surface area contributed by atoms with Gasteiger partial charge in [-0.15, -0.1) is 17.8 Å². The highest BCUT2D eigenvalue weighted by Gasteiger charge is 2.28. The molecule has 0 aromatic carbocycles. The van der Waals surface area contributed by atoms with E-state index in [0.29, 0.717) is 38.6 Å². The second-order valence-electron chi connectivity index (χ2n) is 6.67. The molecule has 1 fully saturated rings. The molecule has 1 aliphatic rings. The summed E-state index contributed by atoms with van der Waals surface area (Å²) in [6.07, 6.45) is 7.47. The number of aliphatic hydroxyl groups excluding tert-OH is 1. The number of hydrogen-bond donors (Lipinski definition) is 1. The molecule has 1 heterocycles. The Morgan fingerprint density at radius 1 is 1.37 bits per heavy atom. The molecule has 3 atom stereocenters. The fourth-order valence-electron chi connectivity index (χ4n) is 2.72. The summed E-state index contributed by atoms with van der Waals surface area (Å²) < 4.78 is 4.58. The zero-order chi connectivity index (χ0) is 20.1. The molecule has 0 aromatic rings. The molecule has 0 aliphatic carbocycles. The van der Waals surface area contributed by atoms with Crippen LogP contribution in [0.3, 0.4) is 0 Å². The van der Waals surface area contributed by atoms with Crippen molar-refractivity contribution in [1.82, 2.24) is 4.90 Å². The normalized spacial score (nSPS) is 18.4. The summed E-state index contributed by atoms with van der Waals surface area (Å²) in [4.78, 5) is 24.8. The number of hydrogen-bond acceptors (Lipinski definition) is 4. The number of likely N-dealkylation sites (tertiary alicyclic amines) is 1. The summed E-state index contributed by atoms with van der Waals surface area (Å²) in [7, 11) is 1.37. The van der Waals surface area contributed by atoms with Gasteiger partial charge >= 0.3 is 5.97 Å². The van der Waals surface area contributed by atoms with Gasteiger partial charge in [0.15, 0.2) is 0 Å². The van der Waals surface area contributed by atoms with Crippen LogP contribution in [0.5, 0.6) is 0 Å². The smallest absolute Gasteiger partial charge is 0.305 e. The Bertz CT molecular complexity index is 632. The summed E-state index contributed by atoms with van der Waals surface area (Å²) >= 11 is 0. The first-order chi connectivity index (χ1) is 13.0. The van der Waals surface area contributed by atoms with Crippen molar-refractivity contribution in [3.8, 4) is 23.7 Å². The van der Waals surface area contributed by atoms with Crippen molar-refractivity contribution in [3.05, 3.63) is 12.2 Å². The maximum absolute atomic E-state index is 12.1. The van der Waals surface area contributed by atoms with Crippen LogP contribution in [0.4, 0.5) is 0 Å². The van der Waals surface area contributed by atoms with Crippen LogP contribution in [0.1, 0.15) is 58.8 Å². The number of carbonyl (C=O) groups is 2. The molecule has 1 saturated heterocycles. The minimum absolute atomic E-state index is 0.0227. The first-order valence-corrected chi connectivity index (χ1v) is 9.63. The predicted molar refractivity (Wildman–Crippen MR) is 105 cm³/mol. The number of amides is 1. The molecular formula is C22H31NO4. The van der Waals surface area contributed by atoms with Gasteiger partial charge in [0.1, 0.15) is 0 Å². The quantitative estimate of drug-likeness (QED) is 0.307. The van der Waals surface area contributed by atoms with Gasteiger partial charge in [0.05, 0.1) is 25.8 Å². The molecule has 1 amide bonds. The van der Waals surface area contributed by atoms with Crippen LogP contribution in [-0.4, -0.2) is 47.7 Å². The van der Waals surface area contributed by atoms with E-state index in [9.17, 15) is 14.7 Å². The van der Waals surface area contributed by atoms with Crippen LogP contribution in [-0.2, 0) is 14.3 Å². The molecular weight excluding hydrogens is 342 g/mol. The second-order valence-corrected chi connectivity index (χ2v) is 6.67. The average molecular weight is 373 g/mol. The number of nitrogens with zero attached hydrogens (tertiary/aromatic N) is 1. The lowest BCUT2D eigenvalue weighted by atomic mass is 10.00. The van der Waals surface area contributed by atoms with Gasteiger partial charge in [0.25, 0.3) is 0 Å². The van der Waals surface area contributed by atoms with Crippen molar-refractivity contribution >= 4 is 11.9 Å². The molecule has 5 heteroatoms. The first kappa shape index (κ1) is 22.8. The Balaban J connectivity index is 2.48. The number of aliphatic hydroxyl groups is 1. The lowest BCUT2D eigenvalue weighted by molar-refractivity contribution is -0.140. The Morgan fingerprint density at radius 3 is 2.85 bits per heavy atom. The summed E-state index contributed by atoms with van der Waals surface area (Å²) in [5, 5.41) is 10.2. The number of carbonyl (C=O) groups excluding carboxylic acids is 2. The largest absolute Gasteiger partial charge is 0.469 e. The highest BCUT2D eigenvalue weighted by molar-refractivity contribution is 5.79. The van der Waals surface area contributed by atoms with Gasteiger partial charge in [0, 0.05) is 32.1 Å². The Morgan fingerprint density at radius 2 is 2.15 bits per heavy atom. The fraction of sp³-hybridized carbons (Fsp3) is 0.636. The second kappa shape index (κ2) is 13.0. The van der Waals surface area contributed by atoms with Crippen molar-refractivity contribution in [2.75, 3.05) is 13.7 Å². The average Bonchev–Trinajstić information content (AvgIpc) is 3.02. The van der Waals surface area contributed by atoms with Crippen LogP contribution in [0.25, 0.3) is 0 Å². The molecule has 1 N–H and O–H groups in total. The highest BCUT2D eigenvalue weighted by Crippen LogP contribution is 2.20. The summed E-state index contributed by atoms with van der Waals surface area (Å²) in [6.45, 7) is 4.35. The van der Waals surface area contributed by atoms with E-state index in [1.54, 1.807) is 11.0 Å². The number of rotatable bonds is 8. The highest BCUT2D eigenvalue weighted by atomic mass is 16.5. The first-order valence-electron chi connectivity index (χ1n) is 9.63. The lowest BCUT2D eigenvalue weighted by Crippen LogP contribution is -2.32. The van der Waals surface area contributed by atoms with Crippen LogP contribution in [0.15, 0.2) is 12.2 Å². The van der Waals surface area contributed by atoms with Crippen LogP contribution >= 0.6 is 0 Å². The van der Waals surface area contributed by atoms with Gasteiger partial charge in [-0.05, 0) is 18.8 Å². The van der Waals surface area contributed by atoms with Gasteiger partial charge in [-0.1, -0.05) is 31.9 Å². The molecule has 0 aromatic heterocycles. The zero-order valence-corrected chi connectivity index (χ0v) is 16.7. The molecule has 5 nitrogen and oxygen atoms in total. The molecule has 27 heavy (non-hydrogen) atoms. The van der Waals surface area contributed by atoms with E-state index in [1.807, 2.05) is 19.9 Å². The Hall–Kier alpha value is -2.24. The lowest BCUT2D eigenvalue weighted by Gasteiger charge is -2.20. The SMILES string of the molecule is CCC#CC[C@H](C)[C@H](O)/C=C/C1CCC(=O)N1CC#CCCCC(=O)OC. The van der Waals surface area contributed by atoms with E-state index >= 15 is 0 Å². The van der Waals surface area contributed by atoms with Gasteiger partial charge < -0.3 is 14.7 Å². The van der Waals surface area contributed by atoms with Crippen LogP contribution < -0.4 is 0 Å². The van der Waals surface area contributed by atoms with Crippen molar-refractivity contribution in [3.63, 3.8) is 0 Å². The number of esters is 1. The topological polar surface area (TPSA) is 66.8 Å². The minimum atomic E-state index is -0.571.